The number of carboxylic acid groups (broad SMARTS) is 2. The van der Waals surface area contributed by atoms with Crippen LogP contribution in [0.3, 0.4) is 0 Å². The van der Waals surface area contributed by atoms with E-state index in [1.54, 1.807) is 58.0 Å². The van der Waals surface area contributed by atoms with Gasteiger partial charge in [-0.1, -0.05) is 64.4 Å². The molecule has 1 rings (SSSR count). The van der Waals surface area contributed by atoms with E-state index in [0.29, 0.717) is 6.42 Å². The zero-order valence-corrected chi connectivity index (χ0v) is 26.1. The fraction of sp³-hybridized carbons (Fsp3) is 0.567. The Morgan fingerprint density at radius 2 is 1.31 bits per heavy atom. The molecule has 0 radical (unpaired) electrons. The van der Waals surface area contributed by atoms with Crippen molar-refractivity contribution in [1.82, 2.24) is 21.3 Å². The van der Waals surface area contributed by atoms with Gasteiger partial charge in [0.2, 0.25) is 29.5 Å². The monoisotopic (exact) mass is 634 g/mol. The highest BCUT2D eigenvalue weighted by molar-refractivity contribution is 5.97. The summed E-state index contributed by atoms with van der Waals surface area (Å²) in [5.74, 6) is -7.51. The summed E-state index contributed by atoms with van der Waals surface area (Å²) in [5, 5.41) is 28.4. The van der Waals surface area contributed by atoms with E-state index in [1.165, 1.54) is 0 Å². The second-order valence-corrected chi connectivity index (χ2v) is 11.4. The summed E-state index contributed by atoms with van der Waals surface area (Å²) in [5.41, 5.74) is 12.1. The van der Waals surface area contributed by atoms with E-state index in [2.05, 4.69) is 21.3 Å². The second-order valence-electron chi connectivity index (χ2n) is 11.4. The second kappa shape index (κ2) is 19.0. The minimum absolute atomic E-state index is 0.0558. The summed E-state index contributed by atoms with van der Waals surface area (Å²) in [7, 11) is 0. The molecule has 0 bridgehead atoms. The molecule has 0 unspecified atom stereocenters. The molecule has 250 valence electrons. The predicted octanol–water partition coefficient (Wildman–Crippen LogP) is -0.587. The Balaban J connectivity index is 3.15. The van der Waals surface area contributed by atoms with E-state index in [0.717, 1.165) is 5.56 Å². The third kappa shape index (κ3) is 14.2. The average molecular weight is 635 g/mol. The normalized spacial score (nSPS) is 15.0. The largest absolute Gasteiger partial charge is 0.481 e. The van der Waals surface area contributed by atoms with Gasteiger partial charge in [-0.05, 0) is 36.7 Å². The quantitative estimate of drug-likeness (QED) is 0.0904. The number of nitrogens with two attached hydrogens (primary N) is 2. The highest BCUT2D eigenvalue weighted by Crippen LogP contribution is 2.11. The van der Waals surface area contributed by atoms with Crippen LogP contribution in [0.4, 0.5) is 0 Å². The molecule has 1 aromatic rings. The fourth-order valence-corrected chi connectivity index (χ4v) is 4.37. The third-order valence-corrected chi connectivity index (χ3v) is 7.07. The molecule has 6 atom stereocenters. The Bertz CT molecular complexity index is 1190. The molecule has 0 saturated heterocycles. The molecule has 0 aromatic heterocycles. The third-order valence-electron chi connectivity index (χ3n) is 7.07. The van der Waals surface area contributed by atoms with Crippen molar-refractivity contribution in [1.29, 1.82) is 0 Å². The molecule has 45 heavy (non-hydrogen) atoms. The van der Waals surface area contributed by atoms with Crippen molar-refractivity contribution in [3.63, 3.8) is 0 Å². The van der Waals surface area contributed by atoms with Crippen LogP contribution in [0.5, 0.6) is 0 Å². The lowest BCUT2D eigenvalue weighted by Crippen LogP contribution is -2.59. The van der Waals surface area contributed by atoms with Crippen molar-refractivity contribution in [3.05, 3.63) is 35.9 Å². The highest BCUT2D eigenvalue weighted by atomic mass is 16.4. The Morgan fingerprint density at radius 1 is 0.778 bits per heavy atom. The van der Waals surface area contributed by atoms with Gasteiger partial charge in [-0.15, -0.1) is 0 Å². The smallest absolute Gasteiger partial charge is 0.326 e. The van der Waals surface area contributed by atoms with Gasteiger partial charge in [-0.3, -0.25) is 28.8 Å². The SMILES string of the molecule is CC[C@H](C)[C@H](NC(=O)[C@H](CC(N)=O)NC(=O)[C@H](CC(C)C)NC(=O)[C@H](CCC(=O)O)NC(=O)[C@@H](N)Cc1ccccc1)C(=O)O. The first-order valence-corrected chi connectivity index (χ1v) is 14.8. The molecule has 15 nitrogen and oxygen atoms in total. The van der Waals surface area contributed by atoms with E-state index in [9.17, 15) is 43.8 Å². The van der Waals surface area contributed by atoms with Crippen molar-refractivity contribution in [2.75, 3.05) is 0 Å². The van der Waals surface area contributed by atoms with Gasteiger partial charge >= 0.3 is 11.9 Å². The van der Waals surface area contributed by atoms with E-state index in [1.807, 2.05) is 0 Å². The van der Waals surface area contributed by atoms with Crippen molar-refractivity contribution < 1.29 is 43.8 Å². The molecule has 1 aromatic carbocycles. The van der Waals surface area contributed by atoms with Crippen molar-refractivity contribution in [2.24, 2.45) is 23.3 Å². The lowest BCUT2D eigenvalue weighted by molar-refractivity contribution is -0.144. The van der Waals surface area contributed by atoms with Gasteiger partial charge in [0, 0.05) is 6.42 Å². The average Bonchev–Trinajstić information content (AvgIpc) is 2.96. The fourth-order valence-electron chi connectivity index (χ4n) is 4.37. The number of nitrogens with one attached hydrogen (secondary N) is 4. The Morgan fingerprint density at radius 3 is 1.82 bits per heavy atom. The number of carbonyl (C=O) groups excluding carboxylic acids is 5. The molecular weight excluding hydrogens is 588 g/mol. The number of hydrogen-bond donors (Lipinski definition) is 8. The van der Waals surface area contributed by atoms with Crippen molar-refractivity contribution >= 4 is 41.5 Å². The van der Waals surface area contributed by atoms with Crippen LogP contribution in [0.2, 0.25) is 0 Å². The number of hydrogen-bond acceptors (Lipinski definition) is 8. The first-order chi connectivity index (χ1) is 21.0. The van der Waals surface area contributed by atoms with Crippen LogP contribution in [0, 0.1) is 11.8 Å². The van der Waals surface area contributed by atoms with Crippen LogP contribution in [0.25, 0.3) is 0 Å². The predicted molar refractivity (Wildman–Crippen MR) is 163 cm³/mol. The zero-order chi connectivity index (χ0) is 34.3. The van der Waals surface area contributed by atoms with Crippen LogP contribution >= 0.6 is 0 Å². The Labute approximate surface area is 262 Å². The van der Waals surface area contributed by atoms with Crippen LogP contribution < -0.4 is 32.7 Å². The lowest BCUT2D eigenvalue weighted by Gasteiger charge is -2.27. The summed E-state index contributed by atoms with van der Waals surface area (Å²) in [6.07, 6.45) is -0.802. The lowest BCUT2D eigenvalue weighted by atomic mass is 9.98. The van der Waals surface area contributed by atoms with Crippen molar-refractivity contribution in [3.8, 4) is 0 Å². The topological polar surface area (TPSA) is 260 Å². The summed E-state index contributed by atoms with van der Waals surface area (Å²) in [4.78, 5) is 87.3. The minimum atomic E-state index is -1.55. The van der Waals surface area contributed by atoms with Gasteiger partial charge in [-0.2, -0.15) is 0 Å². The molecule has 0 aliphatic rings. The Kier molecular flexibility index (Phi) is 16.2. The van der Waals surface area contributed by atoms with E-state index in [4.69, 9.17) is 11.5 Å². The van der Waals surface area contributed by atoms with Gasteiger partial charge in [0.1, 0.15) is 24.2 Å². The molecule has 0 heterocycles. The summed E-state index contributed by atoms with van der Waals surface area (Å²) < 4.78 is 0. The van der Waals surface area contributed by atoms with Crippen LogP contribution in [0.1, 0.15) is 65.4 Å². The highest BCUT2D eigenvalue weighted by Gasteiger charge is 2.34. The van der Waals surface area contributed by atoms with Crippen LogP contribution in [0.15, 0.2) is 30.3 Å². The molecule has 0 spiro atoms. The molecule has 5 amide bonds. The Hall–Kier alpha value is -4.53. The minimum Gasteiger partial charge on any atom is -0.481 e. The number of carbonyl (C=O) groups is 7. The van der Waals surface area contributed by atoms with Crippen molar-refractivity contribution in [2.45, 2.75) is 96.4 Å². The van der Waals surface area contributed by atoms with E-state index < -0.39 is 90.4 Å². The molecule has 0 fully saturated rings. The first-order valence-electron chi connectivity index (χ1n) is 14.8. The molecule has 0 aliphatic heterocycles. The number of primary amides is 1. The van der Waals surface area contributed by atoms with Gasteiger partial charge in [0.15, 0.2) is 0 Å². The van der Waals surface area contributed by atoms with Crippen LogP contribution in [-0.4, -0.2) is 81.9 Å². The molecule has 15 heteroatoms. The maximum Gasteiger partial charge on any atom is 0.326 e. The maximum absolute atomic E-state index is 13.4. The number of rotatable bonds is 20. The van der Waals surface area contributed by atoms with Gasteiger partial charge < -0.3 is 42.9 Å². The molecule has 0 aliphatic carbocycles. The van der Waals surface area contributed by atoms with Crippen LogP contribution in [-0.2, 0) is 40.0 Å². The summed E-state index contributed by atoms with van der Waals surface area (Å²) in [6, 6.07) is 2.34. The number of aliphatic carboxylic acids is 2. The first kappa shape index (κ1) is 38.5. The van der Waals surface area contributed by atoms with Gasteiger partial charge in [0.25, 0.3) is 0 Å². The maximum atomic E-state index is 13.4. The number of carboxylic acids is 2. The van der Waals surface area contributed by atoms with E-state index >= 15 is 0 Å². The number of amides is 5. The standard InChI is InChI=1S/C30H46N6O9/c1-5-17(4)25(30(44)45)36-29(43)22(15-23(32)37)35-28(42)21(13-16(2)3)34-27(41)20(11-12-24(38)39)33-26(40)19(31)14-18-9-7-6-8-10-18/h6-10,16-17,19-22,25H,5,11-15,31H2,1-4H3,(H2,32,37)(H,33,40)(H,34,41)(H,35,42)(H,36,43)(H,38,39)(H,44,45)/t17-,19-,20-,21-,22-,25-/m0/s1. The summed E-state index contributed by atoms with van der Waals surface area (Å²) in [6.45, 7) is 6.87. The molecule has 0 saturated carbocycles. The zero-order valence-electron chi connectivity index (χ0n) is 26.1. The molecular formula is C30H46N6O9. The van der Waals surface area contributed by atoms with Gasteiger partial charge in [-0.25, -0.2) is 4.79 Å². The molecule has 10 N–H and O–H groups in total. The number of benzene rings is 1. The van der Waals surface area contributed by atoms with E-state index in [-0.39, 0.29) is 25.2 Å². The van der Waals surface area contributed by atoms with Gasteiger partial charge in [0.05, 0.1) is 12.5 Å². The summed E-state index contributed by atoms with van der Waals surface area (Å²) >= 11 is 0.